The van der Waals surface area contributed by atoms with E-state index in [1.807, 2.05) is 5.34 Å². The standard InChI is InChI=1S/C3H5ClN2O4.K.H/c1-2-3(4,6(8)9)10-5-7;;/h2H2,1H3;;. The summed E-state index contributed by atoms with van der Waals surface area (Å²) in [5.74, 6) is 0. The van der Waals surface area contributed by atoms with Gasteiger partial charge in [0.25, 0.3) is 0 Å². The zero-order valence-corrected chi connectivity index (χ0v) is 5.87. The van der Waals surface area contributed by atoms with Crippen molar-refractivity contribution in [3.05, 3.63) is 15.0 Å². The Labute approximate surface area is 110 Å². The normalized spacial score (nSPS) is 14.0. The summed E-state index contributed by atoms with van der Waals surface area (Å²) in [7, 11) is 0. The number of hydrogen-bond acceptors (Lipinski definition) is 5. The van der Waals surface area contributed by atoms with Gasteiger partial charge in [0.15, 0.2) is 5.34 Å². The predicted octanol–water partition coefficient (Wildman–Crippen LogP) is 0.615. The topological polar surface area (TPSA) is 81.8 Å². The Kier molecular flexibility index (Phi) is 8.12. The van der Waals surface area contributed by atoms with E-state index < -0.39 is 10.1 Å². The molecule has 1 unspecified atom stereocenters. The fraction of sp³-hybridized carbons (Fsp3) is 1.00. The molecule has 0 rings (SSSR count). The monoisotopic (exact) mass is 208 g/mol. The van der Waals surface area contributed by atoms with Crippen molar-refractivity contribution < 1.29 is 9.76 Å². The van der Waals surface area contributed by atoms with E-state index in [1.165, 1.54) is 6.92 Å². The van der Waals surface area contributed by atoms with Crippen LogP contribution in [-0.4, -0.2) is 61.5 Å². The Morgan fingerprint density at radius 3 is 2.36 bits per heavy atom. The Balaban J connectivity index is 0. The van der Waals surface area contributed by atoms with Gasteiger partial charge < -0.3 is 0 Å². The van der Waals surface area contributed by atoms with Gasteiger partial charge in [0.05, 0.1) is 11.3 Å². The van der Waals surface area contributed by atoms with Crippen molar-refractivity contribution in [3.63, 3.8) is 0 Å². The van der Waals surface area contributed by atoms with Crippen LogP contribution in [0, 0.1) is 15.0 Å². The van der Waals surface area contributed by atoms with Crippen LogP contribution in [0.3, 0.4) is 0 Å². The van der Waals surface area contributed by atoms with Crippen molar-refractivity contribution in [1.82, 2.24) is 0 Å². The Bertz CT molecular complexity index is 156. The number of halogens is 1. The summed E-state index contributed by atoms with van der Waals surface area (Å²) >= 11 is 5.14. The quantitative estimate of drug-likeness (QED) is 0.129. The zero-order chi connectivity index (χ0) is 8.20. The van der Waals surface area contributed by atoms with Crippen LogP contribution in [0.5, 0.6) is 0 Å². The average Bonchev–Trinajstić information content (AvgIpc) is 1.88. The second kappa shape index (κ2) is 6.27. The number of hydrogen-bond donors (Lipinski definition) is 0. The molecule has 0 aliphatic carbocycles. The maximum atomic E-state index is 9.99. The molecule has 0 aromatic carbocycles. The third-order valence-corrected chi connectivity index (χ3v) is 1.36. The molecule has 0 amide bonds. The van der Waals surface area contributed by atoms with E-state index >= 15 is 0 Å². The van der Waals surface area contributed by atoms with Crippen molar-refractivity contribution in [3.8, 4) is 0 Å². The molecule has 0 N–H and O–H groups in total. The molecular weight excluding hydrogens is 203 g/mol. The first-order valence-corrected chi connectivity index (χ1v) is 2.79. The van der Waals surface area contributed by atoms with Gasteiger partial charge in [-0.05, 0) is 0 Å². The third-order valence-electron chi connectivity index (χ3n) is 0.886. The van der Waals surface area contributed by atoms with E-state index in [0.717, 1.165) is 0 Å². The molecule has 0 bridgehead atoms. The van der Waals surface area contributed by atoms with Crippen LogP contribution >= 0.6 is 11.6 Å². The molecule has 6 nitrogen and oxygen atoms in total. The number of nitro groups is 1. The third kappa shape index (κ3) is 4.34. The molecule has 11 heavy (non-hydrogen) atoms. The molecule has 0 aromatic heterocycles. The van der Waals surface area contributed by atoms with Gasteiger partial charge in [0, 0.05) is 11.6 Å². The van der Waals surface area contributed by atoms with E-state index in [1.54, 1.807) is 0 Å². The molecular formula is C3H6ClKN2O4. The Morgan fingerprint density at radius 1 is 1.82 bits per heavy atom. The van der Waals surface area contributed by atoms with Gasteiger partial charge in [-0.1, -0.05) is 6.92 Å². The van der Waals surface area contributed by atoms with Crippen molar-refractivity contribution in [2.75, 3.05) is 0 Å². The van der Waals surface area contributed by atoms with Gasteiger partial charge in [-0.2, -0.15) is 0 Å². The molecule has 0 saturated carbocycles. The van der Waals surface area contributed by atoms with Crippen LogP contribution in [0.1, 0.15) is 13.3 Å². The molecule has 1 atom stereocenters. The molecule has 0 spiro atoms. The summed E-state index contributed by atoms with van der Waals surface area (Å²) in [5.41, 5.74) is 0. The van der Waals surface area contributed by atoms with Crippen LogP contribution in [0.25, 0.3) is 0 Å². The van der Waals surface area contributed by atoms with Crippen LogP contribution in [0.2, 0.25) is 0 Å². The van der Waals surface area contributed by atoms with Crippen molar-refractivity contribution >= 4 is 63.0 Å². The zero-order valence-electron chi connectivity index (χ0n) is 5.11. The van der Waals surface area contributed by atoms with Crippen LogP contribution in [0.15, 0.2) is 5.34 Å². The average molecular weight is 209 g/mol. The Morgan fingerprint density at radius 2 is 2.27 bits per heavy atom. The Hall–Kier alpha value is 0.726. The SMILES string of the molecule is CCC(Cl)(ON=O)[N+](=O)[O-].[KH]. The first kappa shape index (κ1) is 14.3. The van der Waals surface area contributed by atoms with Gasteiger partial charge in [-0.15, -0.1) is 4.91 Å². The molecule has 0 saturated heterocycles. The number of alkyl halides is 1. The van der Waals surface area contributed by atoms with Crippen LogP contribution in [-0.2, 0) is 4.84 Å². The molecule has 0 fully saturated rings. The molecule has 8 heteroatoms. The van der Waals surface area contributed by atoms with Crippen molar-refractivity contribution in [2.24, 2.45) is 5.34 Å². The molecule has 0 radical (unpaired) electrons. The molecule has 60 valence electrons. The minimum absolute atomic E-state index is 0. The second-order valence-corrected chi connectivity index (χ2v) is 2.06. The minimum atomic E-state index is -2.19. The fourth-order valence-corrected chi connectivity index (χ4v) is 0.312. The van der Waals surface area contributed by atoms with E-state index in [-0.39, 0.29) is 57.8 Å². The number of nitrogens with zero attached hydrogens (tertiary/aromatic N) is 2. The predicted molar refractivity (Wildman–Crippen MR) is 39.9 cm³/mol. The van der Waals surface area contributed by atoms with E-state index in [9.17, 15) is 15.0 Å². The molecule has 0 aliphatic rings. The first-order chi connectivity index (χ1) is 4.56. The molecule has 0 aliphatic heterocycles. The van der Waals surface area contributed by atoms with E-state index in [2.05, 4.69) is 4.84 Å². The maximum absolute atomic E-state index is 9.99. The van der Waals surface area contributed by atoms with Crippen molar-refractivity contribution in [2.45, 2.75) is 18.5 Å². The number of rotatable bonds is 4. The van der Waals surface area contributed by atoms with Gasteiger partial charge in [-0.3, -0.25) is 15.0 Å². The van der Waals surface area contributed by atoms with Gasteiger partial charge in [-0.25, -0.2) is 0 Å². The summed E-state index contributed by atoms with van der Waals surface area (Å²) in [6, 6.07) is 0. The summed E-state index contributed by atoms with van der Waals surface area (Å²) in [6.45, 7) is 1.40. The summed E-state index contributed by atoms with van der Waals surface area (Å²) in [6.07, 6.45) is -0.132. The van der Waals surface area contributed by atoms with Crippen LogP contribution in [0.4, 0.5) is 0 Å². The summed E-state index contributed by atoms with van der Waals surface area (Å²) < 4.78 is 0. The van der Waals surface area contributed by atoms with Crippen molar-refractivity contribution in [1.29, 1.82) is 0 Å². The fourth-order valence-electron chi connectivity index (χ4n) is 0.284. The van der Waals surface area contributed by atoms with E-state index in [0.29, 0.717) is 0 Å². The molecule has 0 heterocycles. The second-order valence-electron chi connectivity index (χ2n) is 1.47. The van der Waals surface area contributed by atoms with E-state index in [4.69, 9.17) is 11.6 Å². The summed E-state index contributed by atoms with van der Waals surface area (Å²) in [4.78, 5) is 22.3. The molecule has 0 aromatic rings. The summed E-state index contributed by atoms with van der Waals surface area (Å²) in [5, 5.41) is 9.68. The first-order valence-electron chi connectivity index (χ1n) is 2.41. The van der Waals surface area contributed by atoms with Crippen LogP contribution < -0.4 is 0 Å². The van der Waals surface area contributed by atoms with Gasteiger partial charge >= 0.3 is 56.6 Å². The van der Waals surface area contributed by atoms with Gasteiger partial charge in [0.1, 0.15) is 0 Å². The van der Waals surface area contributed by atoms with Gasteiger partial charge in [0.2, 0.25) is 0 Å².